The van der Waals surface area contributed by atoms with E-state index in [0.717, 1.165) is 5.56 Å². The fraction of sp³-hybridized carbons (Fsp3) is 0.143. The van der Waals surface area contributed by atoms with E-state index in [-0.39, 0.29) is 0 Å². The number of pyridine rings is 1. The molecular weight excluding hydrogens is 148 g/mol. The lowest BCUT2D eigenvalue weighted by Crippen LogP contribution is -1.80. The van der Waals surface area contributed by atoms with E-state index < -0.39 is 0 Å². The zero-order chi connectivity index (χ0) is 7.40. The Labute approximate surface area is 64.3 Å². The Bertz CT molecular complexity index is 247. The van der Waals surface area contributed by atoms with Gasteiger partial charge in [-0.2, -0.15) is 0 Å². The van der Waals surface area contributed by atoms with Gasteiger partial charge >= 0.3 is 0 Å². The highest BCUT2D eigenvalue weighted by molar-refractivity contribution is 6.29. The molecule has 0 aliphatic rings. The van der Waals surface area contributed by atoms with Crippen molar-refractivity contribution in [2.75, 3.05) is 0 Å². The van der Waals surface area contributed by atoms with E-state index in [0.29, 0.717) is 11.7 Å². The third kappa shape index (κ3) is 1.71. The van der Waals surface area contributed by atoms with Gasteiger partial charge in [0.2, 0.25) is 6.54 Å². The molecule has 0 saturated heterocycles. The normalized spacial score (nSPS) is 8.80. The molecule has 0 aliphatic carbocycles. The van der Waals surface area contributed by atoms with E-state index in [2.05, 4.69) is 9.83 Å². The summed E-state index contributed by atoms with van der Waals surface area (Å²) >= 11 is 5.52. The van der Waals surface area contributed by atoms with Gasteiger partial charge in [0.1, 0.15) is 5.15 Å². The van der Waals surface area contributed by atoms with E-state index in [1.807, 2.05) is 0 Å². The SMILES string of the molecule is [C-]#[N+]Cc1ccc(Cl)nc1. The molecule has 0 bridgehead atoms. The van der Waals surface area contributed by atoms with E-state index in [1.165, 1.54) is 0 Å². The molecule has 1 rings (SSSR count). The summed E-state index contributed by atoms with van der Waals surface area (Å²) in [5, 5.41) is 0.466. The van der Waals surface area contributed by atoms with Gasteiger partial charge in [-0.25, -0.2) is 11.6 Å². The predicted octanol–water partition coefficient (Wildman–Crippen LogP) is 2.15. The van der Waals surface area contributed by atoms with Crippen molar-refractivity contribution in [3.8, 4) is 0 Å². The van der Waals surface area contributed by atoms with Crippen LogP contribution in [0.3, 0.4) is 0 Å². The molecule has 0 amide bonds. The average molecular weight is 153 g/mol. The second-order valence-electron chi connectivity index (χ2n) is 1.81. The van der Waals surface area contributed by atoms with Crippen molar-refractivity contribution in [1.82, 2.24) is 4.98 Å². The number of rotatable bonds is 1. The topological polar surface area (TPSA) is 17.2 Å². The molecule has 0 radical (unpaired) electrons. The molecule has 0 aliphatic heterocycles. The minimum atomic E-state index is 0.379. The Balaban J connectivity index is 2.81. The second-order valence-corrected chi connectivity index (χ2v) is 2.19. The van der Waals surface area contributed by atoms with Crippen molar-refractivity contribution in [3.63, 3.8) is 0 Å². The van der Waals surface area contributed by atoms with Crippen molar-refractivity contribution in [2.45, 2.75) is 6.54 Å². The molecule has 3 heteroatoms. The van der Waals surface area contributed by atoms with Gasteiger partial charge in [-0.15, -0.1) is 0 Å². The first-order valence-electron chi connectivity index (χ1n) is 2.76. The largest absolute Gasteiger partial charge is 0.312 e. The van der Waals surface area contributed by atoms with E-state index in [9.17, 15) is 0 Å². The monoisotopic (exact) mass is 152 g/mol. The molecule has 0 atom stereocenters. The van der Waals surface area contributed by atoms with Gasteiger partial charge in [0.25, 0.3) is 0 Å². The fourth-order valence-electron chi connectivity index (χ4n) is 0.591. The van der Waals surface area contributed by atoms with Crippen LogP contribution in [0.2, 0.25) is 5.15 Å². The molecule has 1 heterocycles. The Morgan fingerprint density at radius 3 is 2.90 bits per heavy atom. The van der Waals surface area contributed by atoms with Crippen LogP contribution >= 0.6 is 11.6 Å². The zero-order valence-electron chi connectivity index (χ0n) is 5.21. The van der Waals surface area contributed by atoms with Gasteiger partial charge in [-0.05, 0) is 12.1 Å². The Kier molecular flexibility index (Phi) is 2.24. The van der Waals surface area contributed by atoms with Gasteiger partial charge in [0.05, 0.1) is 0 Å². The highest BCUT2D eigenvalue weighted by atomic mass is 35.5. The number of hydrogen-bond acceptors (Lipinski definition) is 1. The average Bonchev–Trinajstić information content (AvgIpc) is 1.95. The fourth-order valence-corrected chi connectivity index (χ4v) is 0.703. The summed E-state index contributed by atoms with van der Waals surface area (Å²) in [6.07, 6.45) is 1.61. The summed E-state index contributed by atoms with van der Waals surface area (Å²) in [5.74, 6) is 0. The smallest absolute Gasteiger partial charge is 0.241 e. The number of aromatic nitrogens is 1. The Morgan fingerprint density at radius 1 is 1.60 bits per heavy atom. The number of halogens is 1. The number of hydrogen-bond donors (Lipinski definition) is 0. The number of nitrogens with zero attached hydrogens (tertiary/aromatic N) is 2. The van der Waals surface area contributed by atoms with Gasteiger partial charge < -0.3 is 4.85 Å². The maximum absolute atomic E-state index is 6.56. The second kappa shape index (κ2) is 3.19. The summed E-state index contributed by atoms with van der Waals surface area (Å²) in [6.45, 7) is 6.94. The van der Waals surface area contributed by atoms with Gasteiger partial charge in [-0.3, -0.25) is 0 Å². The summed E-state index contributed by atoms with van der Waals surface area (Å²) in [5.41, 5.74) is 0.902. The standard InChI is InChI=1S/C7H5ClN2/c1-9-4-6-2-3-7(8)10-5-6/h2-3,5H,4H2. The molecule has 0 fully saturated rings. The highest BCUT2D eigenvalue weighted by Gasteiger charge is 1.93. The van der Waals surface area contributed by atoms with Crippen LogP contribution in [-0.2, 0) is 6.54 Å². The summed E-state index contributed by atoms with van der Waals surface area (Å²) in [7, 11) is 0. The zero-order valence-corrected chi connectivity index (χ0v) is 5.97. The lowest BCUT2D eigenvalue weighted by Gasteiger charge is -1.89. The van der Waals surface area contributed by atoms with Crippen molar-refractivity contribution in [2.24, 2.45) is 0 Å². The molecule has 0 saturated carbocycles. The minimum absolute atomic E-state index is 0.379. The quantitative estimate of drug-likeness (QED) is 0.445. The van der Waals surface area contributed by atoms with Crippen LogP contribution in [0.5, 0.6) is 0 Å². The summed E-state index contributed by atoms with van der Waals surface area (Å²) in [4.78, 5) is 7.02. The minimum Gasteiger partial charge on any atom is -0.312 e. The molecule has 0 unspecified atom stereocenters. The van der Waals surface area contributed by atoms with Crippen LogP contribution in [0.1, 0.15) is 5.56 Å². The lowest BCUT2D eigenvalue weighted by molar-refractivity contribution is 1.19. The molecule has 50 valence electrons. The molecule has 2 nitrogen and oxygen atoms in total. The van der Waals surface area contributed by atoms with Crippen molar-refractivity contribution >= 4 is 11.6 Å². The van der Waals surface area contributed by atoms with Crippen LogP contribution < -0.4 is 0 Å². The lowest BCUT2D eigenvalue weighted by atomic mass is 10.3. The third-order valence-corrected chi connectivity index (χ3v) is 1.27. The van der Waals surface area contributed by atoms with Crippen LogP contribution in [0.4, 0.5) is 0 Å². The molecule has 0 aromatic carbocycles. The van der Waals surface area contributed by atoms with Crippen LogP contribution in [0.15, 0.2) is 18.3 Å². The highest BCUT2D eigenvalue weighted by Crippen LogP contribution is 2.05. The Hall–Kier alpha value is -1.07. The maximum Gasteiger partial charge on any atom is 0.241 e. The maximum atomic E-state index is 6.56. The molecule has 1 aromatic rings. The summed E-state index contributed by atoms with van der Waals surface area (Å²) < 4.78 is 0. The van der Waals surface area contributed by atoms with E-state index >= 15 is 0 Å². The molecule has 0 spiro atoms. The first kappa shape index (κ1) is 7.04. The Morgan fingerprint density at radius 2 is 2.40 bits per heavy atom. The molecule has 10 heavy (non-hydrogen) atoms. The predicted molar refractivity (Wildman–Crippen MR) is 39.6 cm³/mol. The van der Waals surface area contributed by atoms with Crippen LogP contribution in [0, 0.1) is 6.57 Å². The van der Waals surface area contributed by atoms with E-state index in [1.54, 1.807) is 18.3 Å². The van der Waals surface area contributed by atoms with Gasteiger partial charge in [0, 0.05) is 11.8 Å². The molecular formula is C7H5ClN2. The van der Waals surface area contributed by atoms with Crippen LogP contribution in [-0.4, -0.2) is 4.98 Å². The summed E-state index contributed by atoms with van der Waals surface area (Å²) in [6, 6.07) is 3.48. The first-order valence-corrected chi connectivity index (χ1v) is 3.14. The van der Waals surface area contributed by atoms with Crippen molar-refractivity contribution < 1.29 is 0 Å². The van der Waals surface area contributed by atoms with Crippen molar-refractivity contribution in [1.29, 1.82) is 0 Å². The van der Waals surface area contributed by atoms with Crippen molar-refractivity contribution in [3.05, 3.63) is 40.5 Å². The van der Waals surface area contributed by atoms with Gasteiger partial charge in [0.15, 0.2) is 0 Å². The molecule has 0 N–H and O–H groups in total. The van der Waals surface area contributed by atoms with Crippen LogP contribution in [0.25, 0.3) is 4.85 Å². The third-order valence-electron chi connectivity index (χ3n) is 1.05. The molecule has 1 aromatic heterocycles. The first-order chi connectivity index (χ1) is 4.83. The van der Waals surface area contributed by atoms with E-state index in [4.69, 9.17) is 18.2 Å². The van der Waals surface area contributed by atoms with Gasteiger partial charge in [-0.1, -0.05) is 11.6 Å².